The third kappa shape index (κ3) is 3.80. The van der Waals surface area contributed by atoms with Crippen LogP contribution in [0.25, 0.3) is 11.0 Å². The first-order chi connectivity index (χ1) is 13.3. The van der Waals surface area contributed by atoms with Crippen LogP contribution in [0, 0.1) is 5.92 Å². The maximum atomic E-state index is 12.7. The number of aliphatic hydroxyl groups excluding tert-OH is 1. The zero-order chi connectivity index (χ0) is 19.9. The Morgan fingerprint density at radius 3 is 2.64 bits per heavy atom. The molecule has 2 fully saturated rings. The number of carbonyl (C=O) groups is 1. The molecule has 0 bridgehead atoms. The van der Waals surface area contributed by atoms with E-state index in [-0.39, 0.29) is 24.5 Å². The summed E-state index contributed by atoms with van der Waals surface area (Å²) >= 11 is 0. The first-order valence-electron chi connectivity index (χ1n) is 10.5. The number of amides is 1. The second kappa shape index (κ2) is 7.48. The summed E-state index contributed by atoms with van der Waals surface area (Å²) in [6.45, 7) is 7.95. The fourth-order valence-electron chi connectivity index (χ4n) is 4.41. The van der Waals surface area contributed by atoms with Crippen LogP contribution in [0.15, 0.2) is 18.2 Å². The average Bonchev–Trinajstić information content (AvgIpc) is 3.25. The Labute approximate surface area is 166 Å². The van der Waals surface area contributed by atoms with Crippen LogP contribution >= 0.6 is 0 Å². The minimum Gasteiger partial charge on any atom is -0.389 e. The second-order valence-corrected chi connectivity index (χ2v) is 9.32. The highest BCUT2D eigenvalue weighted by Gasteiger charge is 2.29. The number of carbonyl (C=O) groups excluding carboxylic acids is 1. The molecule has 6 nitrogen and oxygen atoms in total. The Hall–Kier alpha value is -1.92. The van der Waals surface area contributed by atoms with E-state index in [0.717, 1.165) is 23.4 Å². The fraction of sp³-hybridized carbons (Fsp3) is 0.636. The average molecular weight is 386 g/mol. The topological polar surface area (TPSA) is 67.6 Å². The van der Waals surface area contributed by atoms with Crippen molar-refractivity contribution in [1.82, 2.24) is 14.6 Å². The predicted octanol–water partition coefficient (Wildman–Crippen LogP) is 3.66. The van der Waals surface area contributed by atoms with Gasteiger partial charge in [0.15, 0.2) is 0 Å². The number of hydrogen-bond donors (Lipinski definition) is 1. The molecule has 1 saturated carbocycles. The molecule has 152 valence electrons. The molecule has 1 N–H and O–H groups in total. The molecule has 0 unspecified atom stereocenters. The molecular weight excluding hydrogens is 354 g/mol. The van der Waals surface area contributed by atoms with Crippen molar-refractivity contribution in [3.63, 3.8) is 0 Å². The Balaban J connectivity index is 1.68. The van der Waals surface area contributed by atoms with Gasteiger partial charge in [-0.1, -0.05) is 40.0 Å². The van der Waals surface area contributed by atoms with Crippen molar-refractivity contribution in [3.8, 4) is 0 Å². The lowest BCUT2D eigenvalue weighted by Gasteiger charge is -2.26. The van der Waals surface area contributed by atoms with Crippen LogP contribution in [0.4, 0.5) is 0 Å². The standard InChI is InChI=1S/C22H31N3O3/c1-22(2,3)21-23-18-11-16(20(27)25-13-17(26)14-28-25)9-10-19(18)24(21)12-15-7-5-4-6-8-15/h9-11,15,17,26H,4-8,12-14H2,1-3H3/t17-/m0/s1. The Morgan fingerprint density at radius 1 is 1.25 bits per heavy atom. The van der Waals surface area contributed by atoms with Crippen molar-refractivity contribution in [2.75, 3.05) is 13.2 Å². The lowest BCUT2D eigenvalue weighted by Crippen LogP contribution is -2.28. The summed E-state index contributed by atoms with van der Waals surface area (Å²) in [6, 6.07) is 5.72. The number of hydrogen-bond acceptors (Lipinski definition) is 4. The van der Waals surface area contributed by atoms with Gasteiger partial charge < -0.3 is 9.67 Å². The summed E-state index contributed by atoms with van der Waals surface area (Å²) < 4.78 is 2.37. The number of β-amino-alcohol motifs (C(OH)–C–C–N with tert-alkyl or cyclic N) is 1. The van der Waals surface area contributed by atoms with Crippen LogP contribution in [-0.2, 0) is 16.8 Å². The molecule has 1 amide bonds. The van der Waals surface area contributed by atoms with Gasteiger partial charge in [-0.2, -0.15) is 0 Å². The van der Waals surface area contributed by atoms with Crippen molar-refractivity contribution >= 4 is 16.9 Å². The van der Waals surface area contributed by atoms with Gasteiger partial charge in [0.25, 0.3) is 5.91 Å². The quantitative estimate of drug-likeness (QED) is 0.875. The number of imidazole rings is 1. The van der Waals surface area contributed by atoms with E-state index in [9.17, 15) is 9.90 Å². The van der Waals surface area contributed by atoms with Crippen LogP contribution < -0.4 is 0 Å². The van der Waals surface area contributed by atoms with Crippen LogP contribution in [0.5, 0.6) is 0 Å². The van der Waals surface area contributed by atoms with Gasteiger partial charge in [0.05, 0.1) is 17.6 Å². The highest BCUT2D eigenvalue weighted by molar-refractivity contribution is 5.97. The number of benzene rings is 1. The van der Waals surface area contributed by atoms with Crippen molar-refractivity contribution < 1.29 is 14.7 Å². The van der Waals surface area contributed by atoms with Gasteiger partial charge in [0.2, 0.25) is 0 Å². The first-order valence-corrected chi connectivity index (χ1v) is 10.5. The Kier molecular flexibility index (Phi) is 5.19. The Morgan fingerprint density at radius 2 is 2.00 bits per heavy atom. The molecule has 0 spiro atoms. The van der Waals surface area contributed by atoms with Crippen LogP contribution in [0.1, 0.15) is 69.1 Å². The highest BCUT2D eigenvalue weighted by Crippen LogP contribution is 2.31. The SMILES string of the molecule is CC(C)(C)c1nc2cc(C(=O)N3C[C@H](O)CO3)ccc2n1CC1CCCCC1. The third-order valence-corrected chi connectivity index (χ3v) is 5.86. The van der Waals surface area contributed by atoms with Crippen LogP contribution in [0.3, 0.4) is 0 Å². The Bertz CT molecular complexity index is 862. The van der Waals surface area contributed by atoms with Gasteiger partial charge in [0, 0.05) is 17.5 Å². The number of aromatic nitrogens is 2. The molecule has 2 heterocycles. The summed E-state index contributed by atoms with van der Waals surface area (Å²) in [5, 5.41) is 10.9. The largest absolute Gasteiger partial charge is 0.389 e. The van der Waals surface area contributed by atoms with E-state index < -0.39 is 6.10 Å². The molecule has 1 aromatic carbocycles. The van der Waals surface area contributed by atoms with Gasteiger partial charge in [0.1, 0.15) is 18.5 Å². The molecule has 28 heavy (non-hydrogen) atoms. The van der Waals surface area contributed by atoms with E-state index in [2.05, 4.69) is 25.3 Å². The zero-order valence-electron chi connectivity index (χ0n) is 17.1. The maximum Gasteiger partial charge on any atom is 0.277 e. The van der Waals surface area contributed by atoms with Crippen molar-refractivity contribution in [1.29, 1.82) is 0 Å². The van der Waals surface area contributed by atoms with E-state index in [1.165, 1.54) is 37.2 Å². The normalized spacial score (nSPS) is 21.6. The molecule has 1 aliphatic heterocycles. The van der Waals surface area contributed by atoms with Crippen molar-refractivity contribution in [2.24, 2.45) is 5.92 Å². The molecule has 0 radical (unpaired) electrons. The number of aliphatic hydroxyl groups is 1. The molecule has 2 aromatic rings. The van der Waals surface area contributed by atoms with Gasteiger partial charge in [-0.05, 0) is 37.0 Å². The smallest absolute Gasteiger partial charge is 0.277 e. The summed E-state index contributed by atoms with van der Waals surface area (Å²) in [5.74, 6) is 1.55. The van der Waals surface area contributed by atoms with E-state index >= 15 is 0 Å². The first kappa shape index (κ1) is 19.4. The molecular formula is C22H31N3O3. The lowest BCUT2D eigenvalue weighted by atomic mass is 9.88. The maximum absolute atomic E-state index is 12.7. The lowest BCUT2D eigenvalue weighted by molar-refractivity contribution is -0.0779. The van der Waals surface area contributed by atoms with Gasteiger partial charge in [-0.15, -0.1) is 0 Å². The highest BCUT2D eigenvalue weighted by atomic mass is 16.7. The van der Waals surface area contributed by atoms with Crippen LogP contribution in [0.2, 0.25) is 0 Å². The molecule has 4 rings (SSSR count). The number of hydroxylamine groups is 2. The minimum atomic E-state index is -0.616. The zero-order valence-corrected chi connectivity index (χ0v) is 17.1. The number of rotatable bonds is 3. The predicted molar refractivity (Wildman–Crippen MR) is 108 cm³/mol. The summed E-state index contributed by atoms with van der Waals surface area (Å²) in [4.78, 5) is 22.9. The van der Waals surface area contributed by atoms with Crippen LogP contribution in [-0.4, -0.2) is 44.9 Å². The molecule has 1 aromatic heterocycles. The minimum absolute atomic E-state index is 0.0694. The molecule has 1 saturated heterocycles. The van der Waals surface area contributed by atoms with Gasteiger partial charge >= 0.3 is 0 Å². The molecule has 1 aliphatic carbocycles. The molecule has 6 heteroatoms. The number of nitrogens with zero attached hydrogens (tertiary/aromatic N) is 3. The summed E-state index contributed by atoms with van der Waals surface area (Å²) in [5.41, 5.74) is 2.42. The third-order valence-electron chi connectivity index (χ3n) is 5.86. The van der Waals surface area contributed by atoms with Crippen molar-refractivity contribution in [2.45, 2.75) is 70.9 Å². The van der Waals surface area contributed by atoms with E-state index in [1.807, 2.05) is 18.2 Å². The molecule has 2 aliphatic rings. The second-order valence-electron chi connectivity index (χ2n) is 9.32. The number of fused-ring (bicyclic) bond motifs is 1. The summed E-state index contributed by atoms with van der Waals surface area (Å²) in [7, 11) is 0. The van der Waals surface area contributed by atoms with Gasteiger partial charge in [-0.25, -0.2) is 10.0 Å². The van der Waals surface area contributed by atoms with E-state index in [0.29, 0.717) is 11.5 Å². The summed E-state index contributed by atoms with van der Waals surface area (Å²) in [6.07, 6.45) is 5.95. The fourth-order valence-corrected chi connectivity index (χ4v) is 4.41. The van der Waals surface area contributed by atoms with Crippen molar-refractivity contribution in [3.05, 3.63) is 29.6 Å². The molecule has 1 atom stereocenters. The monoisotopic (exact) mass is 385 g/mol. The van der Waals surface area contributed by atoms with E-state index in [4.69, 9.17) is 9.82 Å². The van der Waals surface area contributed by atoms with Gasteiger partial charge in [-0.3, -0.25) is 9.63 Å². The van der Waals surface area contributed by atoms with E-state index in [1.54, 1.807) is 0 Å².